The molecule has 0 saturated heterocycles. The molecule has 1 N–H and O–H groups in total. The number of methoxy groups -OCH3 is 1. The van der Waals surface area contributed by atoms with Gasteiger partial charge in [0.25, 0.3) is 0 Å². The van der Waals surface area contributed by atoms with E-state index in [1.807, 2.05) is 0 Å². The van der Waals surface area contributed by atoms with Crippen LogP contribution in [0, 0.1) is 0 Å². The molecule has 0 atom stereocenters. The predicted octanol–water partition coefficient (Wildman–Crippen LogP) is 2.82. The molecule has 4 heteroatoms. The average molecular weight is 237 g/mol. The number of ether oxygens (including phenoxy) is 1. The van der Waals surface area contributed by atoms with E-state index in [0.717, 1.165) is 0 Å². The van der Waals surface area contributed by atoms with Crippen molar-refractivity contribution in [2.75, 3.05) is 7.11 Å². The van der Waals surface area contributed by atoms with Crippen LogP contribution in [0.4, 0.5) is 0 Å². The molecule has 2 nitrogen and oxygen atoms in total. The summed E-state index contributed by atoms with van der Waals surface area (Å²) in [5.41, 5.74) is 0. The van der Waals surface area contributed by atoms with E-state index in [4.69, 9.17) is 16.3 Å². The lowest BCUT2D eigenvalue weighted by Gasteiger charge is -2.04. The largest absolute Gasteiger partial charge is 0.507 e. The topological polar surface area (TPSA) is 29.5 Å². The van der Waals surface area contributed by atoms with Gasteiger partial charge in [-0.05, 0) is 22.0 Å². The van der Waals surface area contributed by atoms with Gasteiger partial charge in [-0.3, -0.25) is 0 Å². The number of rotatable bonds is 1. The molecule has 11 heavy (non-hydrogen) atoms. The van der Waals surface area contributed by atoms with E-state index in [9.17, 15) is 5.11 Å². The van der Waals surface area contributed by atoms with Gasteiger partial charge in [0.15, 0.2) is 0 Å². The van der Waals surface area contributed by atoms with Gasteiger partial charge in [0.05, 0.1) is 7.11 Å². The van der Waals surface area contributed by atoms with Crippen LogP contribution in [0.3, 0.4) is 0 Å². The second kappa shape index (κ2) is 3.32. The molecule has 0 fully saturated rings. The Morgan fingerprint density at radius 2 is 2.18 bits per heavy atom. The van der Waals surface area contributed by atoms with Gasteiger partial charge in [0.1, 0.15) is 16.0 Å². The number of benzene rings is 1. The number of phenolic OH excluding ortho intramolecular Hbond substituents is 1. The number of hydrogen-bond acceptors (Lipinski definition) is 2. The average Bonchev–Trinajstić information content (AvgIpc) is 1.96. The fraction of sp³-hybridized carbons (Fsp3) is 0.143. The van der Waals surface area contributed by atoms with Gasteiger partial charge in [0.2, 0.25) is 0 Å². The molecular weight excluding hydrogens is 231 g/mol. The summed E-state index contributed by atoms with van der Waals surface area (Å²) in [4.78, 5) is 0. The van der Waals surface area contributed by atoms with Crippen molar-refractivity contribution in [1.29, 1.82) is 0 Å². The minimum Gasteiger partial charge on any atom is -0.507 e. The number of halogens is 2. The van der Waals surface area contributed by atoms with Crippen molar-refractivity contribution in [3.8, 4) is 11.5 Å². The van der Waals surface area contributed by atoms with Gasteiger partial charge >= 0.3 is 0 Å². The van der Waals surface area contributed by atoms with Crippen molar-refractivity contribution >= 4 is 27.5 Å². The molecule has 0 unspecified atom stereocenters. The molecule has 0 saturated carbocycles. The number of hydrogen-bond donors (Lipinski definition) is 1. The molecule has 0 aliphatic carbocycles. The zero-order valence-electron chi connectivity index (χ0n) is 5.77. The Bertz CT molecular complexity index is 275. The van der Waals surface area contributed by atoms with Crippen molar-refractivity contribution < 1.29 is 9.84 Å². The third-order valence-corrected chi connectivity index (χ3v) is 2.22. The molecule has 1 aromatic carbocycles. The standard InChI is InChI=1S/C7H6BrClO2/c1-11-6-3-4(9)2-5(10)7(6)8/h2-3,10H,1H3. The monoisotopic (exact) mass is 236 g/mol. The van der Waals surface area contributed by atoms with Gasteiger partial charge in [-0.2, -0.15) is 0 Å². The van der Waals surface area contributed by atoms with E-state index < -0.39 is 0 Å². The van der Waals surface area contributed by atoms with Crippen LogP contribution < -0.4 is 4.74 Å². The van der Waals surface area contributed by atoms with Crippen molar-refractivity contribution in [1.82, 2.24) is 0 Å². The molecule has 0 aliphatic heterocycles. The van der Waals surface area contributed by atoms with E-state index >= 15 is 0 Å². The van der Waals surface area contributed by atoms with Gasteiger partial charge in [-0.15, -0.1) is 0 Å². The molecule has 0 bridgehead atoms. The maximum absolute atomic E-state index is 9.20. The molecule has 0 heterocycles. The summed E-state index contributed by atoms with van der Waals surface area (Å²) in [6, 6.07) is 3.06. The van der Waals surface area contributed by atoms with Crippen molar-refractivity contribution in [2.45, 2.75) is 0 Å². The van der Waals surface area contributed by atoms with E-state index in [2.05, 4.69) is 15.9 Å². The summed E-state index contributed by atoms with van der Waals surface area (Å²) in [6.07, 6.45) is 0. The molecule has 0 radical (unpaired) electrons. The van der Waals surface area contributed by atoms with Crippen molar-refractivity contribution in [2.24, 2.45) is 0 Å². The summed E-state index contributed by atoms with van der Waals surface area (Å²) in [6.45, 7) is 0. The Morgan fingerprint density at radius 1 is 1.55 bits per heavy atom. The van der Waals surface area contributed by atoms with Crippen LogP contribution in [-0.2, 0) is 0 Å². The molecule has 0 amide bonds. The highest BCUT2D eigenvalue weighted by molar-refractivity contribution is 9.10. The Hall–Kier alpha value is -0.410. The second-order valence-corrected chi connectivity index (χ2v) is 3.17. The smallest absolute Gasteiger partial charge is 0.138 e. The lowest BCUT2D eigenvalue weighted by molar-refractivity contribution is 0.403. The zero-order valence-corrected chi connectivity index (χ0v) is 8.11. The van der Waals surface area contributed by atoms with Crippen LogP contribution in [-0.4, -0.2) is 12.2 Å². The van der Waals surface area contributed by atoms with E-state index in [-0.39, 0.29) is 5.75 Å². The summed E-state index contributed by atoms with van der Waals surface area (Å²) < 4.78 is 5.43. The zero-order chi connectivity index (χ0) is 8.43. The van der Waals surface area contributed by atoms with Crippen LogP contribution in [0.5, 0.6) is 11.5 Å². The van der Waals surface area contributed by atoms with Gasteiger partial charge in [0, 0.05) is 11.1 Å². The minimum absolute atomic E-state index is 0.0781. The Kier molecular flexibility index (Phi) is 2.62. The molecule has 60 valence electrons. The van der Waals surface area contributed by atoms with Crippen LogP contribution in [0.25, 0.3) is 0 Å². The van der Waals surface area contributed by atoms with E-state index in [1.54, 1.807) is 6.07 Å². The first-order valence-electron chi connectivity index (χ1n) is 2.87. The highest BCUT2D eigenvalue weighted by Crippen LogP contribution is 2.36. The molecule has 0 aliphatic rings. The first kappa shape index (κ1) is 8.68. The number of aromatic hydroxyl groups is 1. The van der Waals surface area contributed by atoms with Crippen LogP contribution >= 0.6 is 27.5 Å². The quantitative estimate of drug-likeness (QED) is 0.814. The molecule has 0 spiro atoms. The molecule has 1 aromatic rings. The fourth-order valence-corrected chi connectivity index (χ4v) is 1.29. The predicted molar refractivity (Wildman–Crippen MR) is 47.4 cm³/mol. The van der Waals surface area contributed by atoms with Crippen LogP contribution in [0.2, 0.25) is 5.02 Å². The maximum atomic E-state index is 9.20. The van der Waals surface area contributed by atoms with Gasteiger partial charge < -0.3 is 9.84 Å². The number of phenols is 1. The van der Waals surface area contributed by atoms with E-state index in [0.29, 0.717) is 15.2 Å². The first-order chi connectivity index (χ1) is 5.15. The lowest BCUT2D eigenvalue weighted by atomic mass is 10.3. The van der Waals surface area contributed by atoms with Gasteiger partial charge in [-0.25, -0.2) is 0 Å². The highest BCUT2D eigenvalue weighted by Gasteiger charge is 2.06. The van der Waals surface area contributed by atoms with Crippen LogP contribution in [0.15, 0.2) is 16.6 Å². The lowest BCUT2D eigenvalue weighted by Crippen LogP contribution is -1.84. The Morgan fingerprint density at radius 3 is 2.73 bits per heavy atom. The van der Waals surface area contributed by atoms with Gasteiger partial charge in [-0.1, -0.05) is 11.6 Å². The molecular formula is C7H6BrClO2. The minimum atomic E-state index is 0.0781. The van der Waals surface area contributed by atoms with Crippen molar-refractivity contribution in [3.63, 3.8) is 0 Å². The highest BCUT2D eigenvalue weighted by atomic mass is 79.9. The normalized spacial score (nSPS) is 9.73. The molecule has 1 rings (SSSR count). The summed E-state index contributed by atoms with van der Waals surface area (Å²) in [5.74, 6) is 0.601. The third-order valence-electron chi connectivity index (χ3n) is 1.20. The maximum Gasteiger partial charge on any atom is 0.138 e. The van der Waals surface area contributed by atoms with Crippen molar-refractivity contribution in [3.05, 3.63) is 21.6 Å². The fourth-order valence-electron chi connectivity index (χ4n) is 0.699. The summed E-state index contributed by atoms with van der Waals surface area (Å²) in [5, 5.41) is 9.65. The summed E-state index contributed by atoms with van der Waals surface area (Å²) >= 11 is 8.78. The van der Waals surface area contributed by atoms with E-state index in [1.165, 1.54) is 13.2 Å². The Labute approximate surface area is 77.9 Å². The summed E-state index contributed by atoms with van der Waals surface area (Å²) in [7, 11) is 1.51. The second-order valence-electron chi connectivity index (χ2n) is 1.94. The third kappa shape index (κ3) is 1.79. The first-order valence-corrected chi connectivity index (χ1v) is 4.04. The van der Waals surface area contributed by atoms with Crippen LogP contribution in [0.1, 0.15) is 0 Å². The molecule has 0 aromatic heterocycles. The SMILES string of the molecule is COc1cc(Cl)cc(O)c1Br. The Balaban J connectivity index is 3.24.